The first-order valence-corrected chi connectivity index (χ1v) is 5.49. The van der Waals surface area contributed by atoms with Crippen LogP contribution in [0.15, 0.2) is 48.5 Å². The summed E-state index contributed by atoms with van der Waals surface area (Å²) >= 11 is 0. The van der Waals surface area contributed by atoms with Gasteiger partial charge in [0.15, 0.2) is 0 Å². The van der Waals surface area contributed by atoms with Gasteiger partial charge in [0.1, 0.15) is 6.10 Å². The third kappa shape index (κ3) is 2.87. The van der Waals surface area contributed by atoms with E-state index in [-0.39, 0.29) is 12.4 Å². The lowest BCUT2D eigenvalue weighted by Gasteiger charge is -2.16. The lowest BCUT2D eigenvalue weighted by molar-refractivity contribution is 0.219. The molecular weight excluding hydrogens is 232 g/mol. The summed E-state index contributed by atoms with van der Waals surface area (Å²) in [5.41, 5.74) is 4.21. The summed E-state index contributed by atoms with van der Waals surface area (Å²) in [7, 11) is 0. The minimum atomic E-state index is -0.526. The molecule has 0 fully saturated rings. The van der Waals surface area contributed by atoms with E-state index in [1.54, 1.807) is 0 Å². The van der Waals surface area contributed by atoms with Gasteiger partial charge < -0.3 is 5.11 Å². The molecule has 0 amide bonds. The summed E-state index contributed by atoms with van der Waals surface area (Å²) in [6.45, 7) is 4.05. The quantitative estimate of drug-likeness (QED) is 0.857. The highest BCUT2D eigenvalue weighted by Gasteiger charge is 2.13. The van der Waals surface area contributed by atoms with E-state index in [1.807, 2.05) is 62.4 Å². The molecule has 0 saturated heterocycles. The molecule has 0 radical (unpaired) electrons. The summed E-state index contributed by atoms with van der Waals surface area (Å²) in [6, 6.07) is 15.9. The van der Waals surface area contributed by atoms with Gasteiger partial charge in [0.25, 0.3) is 0 Å². The Morgan fingerprint density at radius 2 is 1.12 bits per heavy atom. The molecule has 0 unspecified atom stereocenters. The van der Waals surface area contributed by atoms with Crippen LogP contribution in [0.25, 0.3) is 0 Å². The molecule has 0 aliphatic rings. The Balaban J connectivity index is 0.00000144. The molecule has 0 saturated carbocycles. The van der Waals surface area contributed by atoms with Crippen molar-refractivity contribution in [2.45, 2.75) is 20.0 Å². The van der Waals surface area contributed by atoms with E-state index in [0.717, 1.165) is 22.3 Å². The maximum atomic E-state index is 10.4. The van der Waals surface area contributed by atoms with E-state index in [2.05, 4.69) is 0 Å². The van der Waals surface area contributed by atoms with Crippen molar-refractivity contribution >= 4 is 12.4 Å². The van der Waals surface area contributed by atoms with E-state index in [4.69, 9.17) is 0 Å². The van der Waals surface area contributed by atoms with Crippen molar-refractivity contribution in [3.05, 3.63) is 70.8 Å². The van der Waals surface area contributed by atoms with Gasteiger partial charge >= 0.3 is 0 Å². The number of rotatable bonds is 2. The van der Waals surface area contributed by atoms with Crippen molar-refractivity contribution in [3.63, 3.8) is 0 Å². The Bertz CT molecular complexity index is 448. The Hall–Kier alpha value is -1.31. The molecule has 90 valence electrons. The Kier molecular flexibility index (Phi) is 4.73. The predicted octanol–water partition coefficient (Wildman–Crippen LogP) is 3.81. The highest BCUT2D eigenvalue weighted by atomic mass is 35.5. The van der Waals surface area contributed by atoms with Gasteiger partial charge in [-0.25, -0.2) is 0 Å². The van der Waals surface area contributed by atoms with Gasteiger partial charge in [0.2, 0.25) is 0 Å². The van der Waals surface area contributed by atoms with Crippen molar-refractivity contribution in [2.24, 2.45) is 0 Å². The standard InChI is InChI=1S/C15H16O.ClH/c1-11-7-3-5-9-13(11)15(16)14-10-6-4-8-12(14)2;/h3-10,15-16H,1-2H3;1H. The van der Waals surface area contributed by atoms with Gasteiger partial charge in [-0.3, -0.25) is 0 Å². The zero-order valence-electron chi connectivity index (χ0n) is 10.1. The van der Waals surface area contributed by atoms with Crippen LogP contribution in [0.2, 0.25) is 0 Å². The first-order valence-electron chi connectivity index (χ1n) is 5.49. The molecule has 0 bridgehead atoms. The van der Waals surface area contributed by atoms with Crippen LogP contribution in [-0.2, 0) is 0 Å². The fourth-order valence-corrected chi connectivity index (χ4v) is 1.95. The van der Waals surface area contributed by atoms with Crippen molar-refractivity contribution in [1.29, 1.82) is 0 Å². The SMILES string of the molecule is Cc1ccccc1C(O)c1ccccc1C.Cl. The number of aliphatic hydroxyl groups is 1. The highest BCUT2D eigenvalue weighted by molar-refractivity contribution is 5.85. The minimum Gasteiger partial charge on any atom is -0.384 e. The highest BCUT2D eigenvalue weighted by Crippen LogP contribution is 2.26. The largest absolute Gasteiger partial charge is 0.384 e. The normalized spacial score (nSPS) is 10.1. The third-order valence-electron chi connectivity index (χ3n) is 2.97. The maximum absolute atomic E-state index is 10.4. The second-order valence-corrected chi connectivity index (χ2v) is 4.12. The number of aryl methyl sites for hydroxylation is 2. The van der Waals surface area contributed by atoms with Crippen LogP contribution in [0, 0.1) is 13.8 Å². The summed E-state index contributed by atoms with van der Waals surface area (Å²) < 4.78 is 0. The van der Waals surface area contributed by atoms with E-state index in [1.165, 1.54) is 0 Å². The second kappa shape index (κ2) is 5.85. The van der Waals surface area contributed by atoms with Crippen molar-refractivity contribution < 1.29 is 5.11 Å². The van der Waals surface area contributed by atoms with Gasteiger partial charge in [0, 0.05) is 0 Å². The lowest BCUT2D eigenvalue weighted by Crippen LogP contribution is -2.03. The maximum Gasteiger partial charge on any atom is 0.105 e. The molecule has 0 heterocycles. The van der Waals surface area contributed by atoms with Gasteiger partial charge in [0.05, 0.1) is 0 Å². The topological polar surface area (TPSA) is 20.2 Å². The molecule has 2 heteroatoms. The lowest BCUT2D eigenvalue weighted by atomic mass is 9.95. The minimum absolute atomic E-state index is 0. The van der Waals surface area contributed by atoms with Crippen LogP contribution in [-0.4, -0.2) is 5.11 Å². The Morgan fingerprint density at radius 3 is 1.47 bits per heavy atom. The van der Waals surface area contributed by atoms with Gasteiger partial charge in [-0.2, -0.15) is 0 Å². The van der Waals surface area contributed by atoms with Crippen molar-refractivity contribution in [1.82, 2.24) is 0 Å². The van der Waals surface area contributed by atoms with Crippen molar-refractivity contribution in [2.75, 3.05) is 0 Å². The zero-order valence-corrected chi connectivity index (χ0v) is 10.9. The molecule has 0 aliphatic heterocycles. The zero-order chi connectivity index (χ0) is 11.5. The monoisotopic (exact) mass is 248 g/mol. The van der Waals surface area contributed by atoms with E-state index in [0.29, 0.717) is 0 Å². The van der Waals surface area contributed by atoms with Crippen LogP contribution in [0.1, 0.15) is 28.4 Å². The summed E-state index contributed by atoms with van der Waals surface area (Å²) in [5.74, 6) is 0. The molecule has 1 N–H and O–H groups in total. The van der Waals surface area contributed by atoms with Crippen LogP contribution < -0.4 is 0 Å². The Morgan fingerprint density at radius 1 is 0.765 bits per heavy atom. The smallest absolute Gasteiger partial charge is 0.105 e. The third-order valence-corrected chi connectivity index (χ3v) is 2.97. The summed E-state index contributed by atoms with van der Waals surface area (Å²) in [5, 5.41) is 10.4. The molecular formula is C15H17ClO. The van der Waals surface area contributed by atoms with Gasteiger partial charge in [-0.15, -0.1) is 12.4 Å². The van der Waals surface area contributed by atoms with E-state index in [9.17, 15) is 5.11 Å². The average Bonchev–Trinajstić information content (AvgIpc) is 2.29. The molecule has 0 aliphatic carbocycles. The van der Waals surface area contributed by atoms with E-state index >= 15 is 0 Å². The molecule has 0 atom stereocenters. The van der Waals surface area contributed by atoms with Gasteiger partial charge in [-0.1, -0.05) is 48.5 Å². The molecule has 2 rings (SSSR count). The average molecular weight is 249 g/mol. The first kappa shape index (κ1) is 13.8. The van der Waals surface area contributed by atoms with E-state index < -0.39 is 6.10 Å². The predicted molar refractivity (Wildman–Crippen MR) is 73.7 cm³/mol. The second-order valence-electron chi connectivity index (χ2n) is 4.12. The summed E-state index contributed by atoms with van der Waals surface area (Å²) in [6.07, 6.45) is -0.526. The van der Waals surface area contributed by atoms with Crippen LogP contribution in [0.3, 0.4) is 0 Å². The molecule has 2 aromatic carbocycles. The van der Waals surface area contributed by atoms with Crippen LogP contribution in [0.4, 0.5) is 0 Å². The number of benzene rings is 2. The molecule has 0 aromatic heterocycles. The van der Waals surface area contributed by atoms with Crippen LogP contribution in [0.5, 0.6) is 0 Å². The molecule has 17 heavy (non-hydrogen) atoms. The fraction of sp³-hybridized carbons (Fsp3) is 0.200. The summed E-state index contributed by atoms with van der Waals surface area (Å²) in [4.78, 5) is 0. The molecule has 2 aromatic rings. The number of halogens is 1. The van der Waals surface area contributed by atoms with Crippen molar-refractivity contribution in [3.8, 4) is 0 Å². The number of hydrogen-bond donors (Lipinski definition) is 1. The molecule has 1 nitrogen and oxygen atoms in total. The number of aliphatic hydroxyl groups excluding tert-OH is 1. The first-order chi connectivity index (χ1) is 7.70. The molecule has 0 spiro atoms. The fourth-order valence-electron chi connectivity index (χ4n) is 1.95. The van der Waals surface area contributed by atoms with Gasteiger partial charge in [-0.05, 0) is 36.1 Å². The Labute approximate surface area is 109 Å². The number of hydrogen-bond acceptors (Lipinski definition) is 1. The van der Waals surface area contributed by atoms with Crippen LogP contribution >= 0.6 is 12.4 Å².